The number of nitrogens with one attached hydrogen (secondary N) is 2. The Balaban J connectivity index is 1.49. The van der Waals surface area contributed by atoms with Crippen LogP contribution in [0.25, 0.3) is 11.1 Å². The molecule has 0 bridgehead atoms. The first kappa shape index (κ1) is 20.0. The van der Waals surface area contributed by atoms with Crippen LogP contribution in [0.4, 0.5) is 4.79 Å². The number of hydrogen-bond acceptors (Lipinski definition) is 5. The smallest absolute Gasteiger partial charge is 0.287 e. The summed E-state index contributed by atoms with van der Waals surface area (Å²) in [4.78, 5) is 35.0. The van der Waals surface area contributed by atoms with Crippen molar-refractivity contribution < 1.29 is 18.8 Å². The lowest BCUT2D eigenvalue weighted by Gasteiger charge is -2.09. The minimum atomic E-state index is -0.365. The van der Waals surface area contributed by atoms with E-state index in [1.807, 2.05) is 48.5 Å². The minimum absolute atomic E-state index is 0.225. The molecule has 6 nitrogen and oxygen atoms in total. The molecular formula is C23H20N2O4S. The summed E-state index contributed by atoms with van der Waals surface area (Å²) in [6, 6.07) is 17.9. The van der Waals surface area contributed by atoms with Crippen LogP contribution >= 0.6 is 11.8 Å². The van der Waals surface area contributed by atoms with E-state index in [0.717, 1.165) is 39.6 Å². The van der Waals surface area contributed by atoms with Crippen LogP contribution in [0.15, 0.2) is 65.3 Å². The van der Waals surface area contributed by atoms with E-state index in [1.165, 1.54) is 6.26 Å². The molecule has 2 N–H and O–H groups in total. The molecule has 1 atom stereocenters. The highest BCUT2D eigenvalue weighted by Crippen LogP contribution is 2.26. The minimum Gasteiger partial charge on any atom is -0.459 e. The normalized spacial score (nSPS) is 15.8. The Morgan fingerprint density at radius 1 is 1.07 bits per heavy atom. The van der Waals surface area contributed by atoms with Gasteiger partial charge in [0.2, 0.25) is 5.91 Å². The Bertz CT molecular complexity index is 1100. The van der Waals surface area contributed by atoms with E-state index in [1.54, 1.807) is 7.05 Å². The first-order chi connectivity index (χ1) is 14.5. The molecule has 0 aliphatic carbocycles. The maximum absolute atomic E-state index is 11.9. The van der Waals surface area contributed by atoms with Gasteiger partial charge in [0.25, 0.3) is 11.1 Å². The largest absolute Gasteiger partial charge is 0.459 e. The highest BCUT2D eigenvalue weighted by atomic mass is 32.2. The summed E-state index contributed by atoms with van der Waals surface area (Å²) in [5.41, 5.74) is 5.03. The number of rotatable bonds is 6. The van der Waals surface area contributed by atoms with Gasteiger partial charge in [-0.3, -0.25) is 19.7 Å². The topological polar surface area (TPSA) is 88.4 Å². The summed E-state index contributed by atoms with van der Waals surface area (Å²) in [6.07, 6.45) is 2.64. The Labute approximate surface area is 178 Å². The van der Waals surface area contributed by atoms with Gasteiger partial charge in [-0.15, -0.1) is 0 Å². The molecule has 0 radical (unpaired) electrons. The molecule has 152 valence electrons. The quantitative estimate of drug-likeness (QED) is 0.633. The number of amides is 3. The molecule has 30 heavy (non-hydrogen) atoms. The molecule has 2 aromatic carbocycles. The molecule has 3 amide bonds. The number of carbonyl (C=O) groups excluding carboxylic acids is 3. The highest BCUT2D eigenvalue weighted by molar-refractivity contribution is 8.15. The molecular weight excluding hydrogens is 400 g/mol. The SMILES string of the molecule is CNC(=O)c1occc1Cc1cccc(-c2ccc(CC3SC(=O)NC3=O)cc2)c1. The lowest BCUT2D eigenvalue weighted by atomic mass is 9.98. The molecule has 1 unspecified atom stereocenters. The standard InChI is InChI=1S/C23H20N2O4S/c1-24-22(27)20-18(9-10-29-20)12-15-3-2-4-17(11-15)16-7-5-14(6-8-16)13-19-21(26)25-23(28)30-19/h2-11,19H,12-13H2,1H3,(H,24,27)(H,25,26,28). The zero-order valence-corrected chi connectivity index (χ0v) is 17.1. The number of carbonyl (C=O) groups is 3. The molecule has 1 aliphatic rings. The Kier molecular flexibility index (Phi) is 5.72. The molecule has 3 aromatic rings. The first-order valence-electron chi connectivity index (χ1n) is 9.51. The Hall–Kier alpha value is -3.32. The van der Waals surface area contributed by atoms with Crippen molar-refractivity contribution in [2.75, 3.05) is 7.05 Å². The summed E-state index contributed by atoms with van der Waals surface area (Å²) in [5, 5.41) is 4.26. The third kappa shape index (κ3) is 4.31. The van der Waals surface area contributed by atoms with Crippen LogP contribution in [0.1, 0.15) is 27.2 Å². The van der Waals surface area contributed by atoms with Crippen molar-refractivity contribution >= 4 is 28.8 Å². The van der Waals surface area contributed by atoms with Crippen LogP contribution in [0.5, 0.6) is 0 Å². The second kappa shape index (κ2) is 8.59. The lowest BCUT2D eigenvalue weighted by molar-refractivity contribution is -0.118. The van der Waals surface area contributed by atoms with E-state index < -0.39 is 0 Å². The average Bonchev–Trinajstić information content (AvgIpc) is 3.33. The molecule has 1 aromatic heterocycles. The Morgan fingerprint density at radius 3 is 2.57 bits per heavy atom. The van der Waals surface area contributed by atoms with Gasteiger partial charge in [0.05, 0.1) is 11.5 Å². The third-order valence-corrected chi connectivity index (χ3v) is 5.96. The third-order valence-electron chi connectivity index (χ3n) is 4.98. The molecule has 1 fully saturated rings. The lowest BCUT2D eigenvalue weighted by Crippen LogP contribution is -2.25. The maximum atomic E-state index is 11.9. The van der Waals surface area contributed by atoms with Crippen molar-refractivity contribution in [3.8, 4) is 11.1 Å². The van der Waals surface area contributed by atoms with E-state index in [0.29, 0.717) is 18.6 Å². The molecule has 0 spiro atoms. The molecule has 7 heteroatoms. The Morgan fingerprint density at radius 2 is 1.87 bits per heavy atom. The highest BCUT2D eigenvalue weighted by Gasteiger charge is 2.31. The number of imide groups is 1. The van der Waals surface area contributed by atoms with Crippen molar-refractivity contribution in [2.45, 2.75) is 18.1 Å². The second-order valence-electron chi connectivity index (χ2n) is 7.02. The van der Waals surface area contributed by atoms with Crippen molar-refractivity contribution in [2.24, 2.45) is 0 Å². The van der Waals surface area contributed by atoms with Gasteiger partial charge in [0.1, 0.15) is 0 Å². The van der Waals surface area contributed by atoms with Gasteiger partial charge < -0.3 is 9.73 Å². The molecule has 2 heterocycles. The summed E-state index contributed by atoms with van der Waals surface area (Å²) in [5.74, 6) is -0.130. The molecule has 0 saturated carbocycles. The zero-order valence-electron chi connectivity index (χ0n) is 16.3. The average molecular weight is 420 g/mol. The number of hydrogen-bond donors (Lipinski definition) is 2. The van der Waals surface area contributed by atoms with E-state index in [2.05, 4.69) is 16.7 Å². The summed E-state index contributed by atoms with van der Waals surface area (Å²) >= 11 is 1.04. The maximum Gasteiger partial charge on any atom is 0.287 e. The second-order valence-corrected chi connectivity index (χ2v) is 8.19. The van der Waals surface area contributed by atoms with Crippen LogP contribution in [0, 0.1) is 0 Å². The van der Waals surface area contributed by atoms with Gasteiger partial charge in [0, 0.05) is 19.0 Å². The number of furan rings is 1. The monoisotopic (exact) mass is 420 g/mol. The molecule has 1 aliphatic heterocycles. The van der Waals surface area contributed by atoms with E-state index in [4.69, 9.17) is 4.42 Å². The van der Waals surface area contributed by atoms with Crippen LogP contribution in [0.2, 0.25) is 0 Å². The van der Waals surface area contributed by atoms with Crippen LogP contribution < -0.4 is 10.6 Å². The van der Waals surface area contributed by atoms with E-state index >= 15 is 0 Å². The fourth-order valence-corrected chi connectivity index (χ4v) is 4.30. The van der Waals surface area contributed by atoms with Crippen LogP contribution in [-0.2, 0) is 17.6 Å². The first-order valence-corrected chi connectivity index (χ1v) is 10.4. The fourth-order valence-electron chi connectivity index (χ4n) is 3.44. The number of thioether (sulfide) groups is 1. The molecule has 1 saturated heterocycles. The van der Waals surface area contributed by atoms with Gasteiger partial charge >= 0.3 is 0 Å². The summed E-state index contributed by atoms with van der Waals surface area (Å²) < 4.78 is 5.32. The summed E-state index contributed by atoms with van der Waals surface area (Å²) in [7, 11) is 1.58. The van der Waals surface area contributed by atoms with Crippen molar-refractivity contribution in [1.82, 2.24) is 10.6 Å². The van der Waals surface area contributed by atoms with Gasteiger partial charge in [0.15, 0.2) is 5.76 Å². The van der Waals surface area contributed by atoms with E-state index in [-0.39, 0.29) is 22.3 Å². The predicted octanol–water partition coefficient (Wildman–Crippen LogP) is 3.79. The predicted molar refractivity (Wildman–Crippen MR) is 115 cm³/mol. The van der Waals surface area contributed by atoms with Crippen LogP contribution in [-0.4, -0.2) is 29.4 Å². The van der Waals surface area contributed by atoms with Gasteiger partial charge in [-0.25, -0.2) is 0 Å². The van der Waals surface area contributed by atoms with Gasteiger partial charge in [-0.2, -0.15) is 0 Å². The molecule has 4 rings (SSSR count). The van der Waals surface area contributed by atoms with Crippen molar-refractivity contribution in [1.29, 1.82) is 0 Å². The van der Waals surface area contributed by atoms with Crippen LogP contribution in [0.3, 0.4) is 0 Å². The van der Waals surface area contributed by atoms with Gasteiger partial charge in [-0.05, 0) is 34.7 Å². The van der Waals surface area contributed by atoms with Gasteiger partial charge in [-0.1, -0.05) is 60.3 Å². The zero-order chi connectivity index (χ0) is 21.1. The van der Waals surface area contributed by atoms with Crippen molar-refractivity contribution in [3.05, 3.63) is 83.3 Å². The fraction of sp³-hybridized carbons (Fsp3) is 0.174. The number of benzene rings is 2. The van der Waals surface area contributed by atoms with E-state index in [9.17, 15) is 14.4 Å². The summed E-state index contributed by atoms with van der Waals surface area (Å²) in [6.45, 7) is 0. The van der Waals surface area contributed by atoms with Crippen molar-refractivity contribution in [3.63, 3.8) is 0 Å².